The van der Waals surface area contributed by atoms with Gasteiger partial charge in [-0.3, -0.25) is 9.78 Å². The highest BCUT2D eigenvalue weighted by molar-refractivity contribution is 5.97. The Labute approximate surface area is 133 Å². The van der Waals surface area contributed by atoms with Crippen LogP contribution in [0, 0.1) is 0 Å². The molecule has 7 heteroatoms. The molecule has 0 unspecified atom stereocenters. The lowest BCUT2D eigenvalue weighted by Gasteiger charge is -2.06. The Morgan fingerprint density at radius 2 is 2.00 bits per heavy atom. The van der Waals surface area contributed by atoms with Crippen LogP contribution >= 0.6 is 0 Å². The fraction of sp³-hybridized carbons (Fsp3) is 0.188. The van der Waals surface area contributed by atoms with E-state index in [1.807, 2.05) is 43.4 Å². The Balaban J connectivity index is 2.21. The zero-order valence-electron chi connectivity index (χ0n) is 13.1. The summed E-state index contributed by atoms with van der Waals surface area (Å²) in [6, 6.07) is 3.66. The third-order valence-corrected chi connectivity index (χ3v) is 3.25. The van der Waals surface area contributed by atoms with E-state index in [0.717, 1.165) is 5.56 Å². The SMILES string of the molecule is CC(=O)c1cnc2nc(-c3ccncc3)nn2c1C=CN(C)C. The van der Waals surface area contributed by atoms with Crippen molar-refractivity contribution in [1.29, 1.82) is 0 Å². The highest BCUT2D eigenvalue weighted by Gasteiger charge is 2.15. The van der Waals surface area contributed by atoms with Gasteiger partial charge in [-0.25, -0.2) is 4.98 Å². The zero-order chi connectivity index (χ0) is 16.4. The van der Waals surface area contributed by atoms with Crippen molar-refractivity contribution < 1.29 is 4.79 Å². The van der Waals surface area contributed by atoms with Gasteiger partial charge in [0.15, 0.2) is 11.6 Å². The molecule has 3 heterocycles. The predicted octanol–water partition coefficient (Wildman–Crippen LogP) is 1.92. The highest BCUT2D eigenvalue weighted by atomic mass is 16.1. The number of rotatable bonds is 4. The molecule has 23 heavy (non-hydrogen) atoms. The number of hydrogen-bond acceptors (Lipinski definition) is 6. The van der Waals surface area contributed by atoms with Gasteiger partial charge in [0.05, 0.1) is 11.3 Å². The second-order valence-corrected chi connectivity index (χ2v) is 5.28. The number of carbonyl (C=O) groups excluding carboxylic acids is 1. The highest BCUT2D eigenvalue weighted by Crippen LogP contribution is 2.18. The van der Waals surface area contributed by atoms with Crippen LogP contribution in [0.15, 0.2) is 36.9 Å². The molecule has 0 amide bonds. The Morgan fingerprint density at radius 3 is 2.65 bits per heavy atom. The summed E-state index contributed by atoms with van der Waals surface area (Å²) in [6.45, 7) is 1.51. The second kappa shape index (κ2) is 5.96. The average Bonchev–Trinajstić information content (AvgIpc) is 2.97. The molecule has 7 nitrogen and oxygen atoms in total. The number of hydrogen-bond donors (Lipinski definition) is 0. The number of pyridine rings is 1. The van der Waals surface area contributed by atoms with Crippen LogP contribution < -0.4 is 0 Å². The predicted molar refractivity (Wildman–Crippen MR) is 86.7 cm³/mol. The lowest BCUT2D eigenvalue weighted by molar-refractivity contribution is 0.101. The van der Waals surface area contributed by atoms with E-state index in [0.29, 0.717) is 22.9 Å². The van der Waals surface area contributed by atoms with Crippen LogP contribution in [-0.4, -0.2) is 49.3 Å². The van der Waals surface area contributed by atoms with Crippen LogP contribution in [0.5, 0.6) is 0 Å². The number of Topliss-reactive ketones (excluding diaryl/α,β-unsaturated/α-hetero) is 1. The molecule has 0 saturated carbocycles. The van der Waals surface area contributed by atoms with E-state index in [9.17, 15) is 4.79 Å². The Hall–Kier alpha value is -3.09. The van der Waals surface area contributed by atoms with E-state index in [-0.39, 0.29) is 5.78 Å². The molecule has 116 valence electrons. The van der Waals surface area contributed by atoms with E-state index in [1.165, 1.54) is 13.1 Å². The van der Waals surface area contributed by atoms with Crippen molar-refractivity contribution in [3.8, 4) is 11.4 Å². The average molecular weight is 308 g/mol. The summed E-state index contributed by atoms with van der Waals surface area (Å²) in [4.78, 5) is 26.4. The van der Waals surface area contributed by atoms with Gasteiger partial charge in [0, 0.05) is 44.4 Å². The summed E-state index contributed by atoms with van der Waals surface area (Å²) in [5, 5.41) is 4.50. The van der Waals surface area contributed by atoms with Crippen molar-refractivity contribution in [2.24, 2.45) is 0 Å². The Bertz CT molecular complexity index is 882. The Kier molecular flexibility index (Phi) is 3.84. The van der Waals surface area contributed by atoms with Crippen LogP contribution in [-0.2, 0) is 0 Å². The van der Waals surface area contributed by atoms with Gasteiger partial charge in [-0.1, -0.05) is 0 Å². The first-order chi connectivity index (χ1) is 11.1. The molecule has 0 atom stereocenters. The first-order valence-corrected chi connectivity index (χ1v) is 7.08. The fourth-order valence-corrected chi connectivity index (χ4v) is 2.13. The first kappa shape index (κ1) is 14.8. The monoisotopic (exact) mass is 308 g/mol. The summed E-state index contributed by atoms with van der Waals surface area (Å²) < 4.78 is 1.59. The van der Waals surface area contributed by atoms with Crippen molar-refractivity contribution in [1.82, 2.24) is 29.5 Å². The minimum absolute atomic E-state index is 0.0706. The van der Waals surface area contributed by atoms with E-state index in [4.69, 9.17) is 0 Å². The van der Waals surface area contributed by atoms with Gasteiger partial charge in [0.1, 0.15) is 0 Å². The number of ketones is 1. The standard InChI is InChI=1S/C16H16N6O/c1-11(23)13-10-18-16-19-15(12-4-7-17-8-5-12)20-22(16)14(13)6-9-21(2)3/h4-10H,1-3H3. The molecule has 0 aliphatic carbocycles. The van der Waals surface area contributed by atoms with Gasteiger partial charge in [-0.05, 0) is 25.1 Å². The van der Waals surface area contributed by atoms with Crippen molar-refractivity contribution >= 4 is 17.6 Å². The lowest BCUT2D eigenvalue weighted by atomic mass is 10.1. The van der Waals surface area contributed by atoms with Crippen LogP contribution in [0.1, 0.15) is 23.0 Å². The molecule has 3 rings (SSSR count). The van der Waals surface area contributed by atoms with E-state index >= 15 is 0 Å². The van der Waals surface area contributed by atoms with Gasteiger partial charge >= 0.3 is 0 Å². The first-order valence-electron chi connectivity index (χ1n) is 7.08. The maximum Gasteiger partial charge on any atom is 0.253 e. The van der Waals surface area contributed by atoms with Crippen molar-refractivity contribution in [2.75, 3.05) is 14.1 Å². The third-order valence-electron chi connectivity index (χ3n) is 3.25. The number of nitrogens with zero attached hydrogens (tertiary/aromatic N) is 6. The molecule has 3 aromatic rings. The quantitative estimate of drug-likeness (QED) is 0.685. The van der Waals surface area contributed by atoms with Gasteiger partial charge < -0.3 is 4.90 Å². The van der Waals surface area contributed by atoms with Crippen molar-refractivity contribution in [3.63, 3.8) is 0 Å². The lowest BCUT2D eigenvalue weighted by Crippen LogP contribution is -2.07. The van der Waals surface area contributed by atoms with Crippen LogP contribution in [0.3, 0.4) is 0 Å². The Morgan fingerprint density at radius 1 is 1.26 bits per heavy atom. The van der Waals surface area contributed by atoms with Crippen LogP contribution in [0.25, 0.3) is 23.2 Å². The molecule has 0 N–H and O–H groups in total. The topological polar surface area (TPSA) is 76.3 Å². The molecule has 0 spiro atoms. The summed E-state index contributed by atoms with van der Waals surface area (Å²) >= 11 is 0. The minimum atomic E-state index is -0.0706. The molecule has 0 radical (unpaired) electrons. The zero-order valence-corrected chi connectivity index (χ0v) is 13.1. The molecule has 0 aliphatic heterocycles. The summed E-state index contributed by atoms with van der Waals surface area (Å²) in [6.07, 6.45) is 8.59. The van der Waals surface area contributed by atoms with Gasteiger partial charge in [-0.15, -0.1) is 5.10 Å². The molecule has 0 bridgehead atoms. The van der Waals surface area contributed by atoms with Gasteiger partial charge in [-0.2, -0.15) is 9.50 Å². The van der Waals surface area contributed by atoms with E-state index < -0.39 is 0 Å². The molecule has 3 aromatic heterocycles. The maximum absolute atomic E-state index is 11.9. The molecule has 0 fully saturated rings. The third kappa shape index (κ3) is 2.94. The van der Waals surface area contributed by atoms with E-state index in [2.05, 4.69) is 20.1 Å². The molecule has 0 aromatic carbocycles. The molecular formula is C16H16N6O. The molecule has 0 aliphatic rings. The van der Waals surface area contributed by atoms with Crippen molar-refractivity contribution in [2.45, 2.75) is 6.92 Å². The second-order valence-electron chi connectivity index (χ2n) is 5.28. The van der Waals surface area contributed by atoms with Gasteiger partial charge in [0.25, 0.3) is 5.78 Å². The molecular weight excluding hydrogens is 292 g/mol. The summed E-state index contributed by atoms with van der Waals surface area (Å²) in [5.74, 6) is 0.916. The summed E-state index contributed by atoms with van der Waals surface area (Å²) in [7, 11) is 3.82. The number of fused-ring (bicyclic) bond motifs is 1. The number of carbonyl (C=O) groups is 1. The minimum Gasteiger partial charge on any atom is -0.383 e. The number of aromatic nitrogens is 5. The summed E-state index contributed by atoms with van der Waals surface area (Å²) in [5.41, 5.74) is 2.00. The smallest absolute Gasteiger partial charge is 0.253 e. The largest absolute Gasteiger partial charge is 0.383 e. The van der Waals surface area contributed by atoms with Crippen LogP contribution in [0.4, 0.5) is 0 Å². The van der Waals surface area contributed by atoms with Gasteiger partial charge in [0.2, 0.25) is 0 Å². The maximum atomic E-state index is 11.9. The fourth-order valence-electron chi connectivity index (χ4n) is 2.13. The van der Waals surface area contributed by atoms with Crippen molar-refractivity contribution in [3.05, 3.63) is 48.2 Å². The normalized spacial score (nSPS) is 11.3. The molecule has 0 saturated heterocycles. The van der Waals surface area contributed by atoms with E-state index in [1.54, 1.807) is 16.9 Å². The van der Waals surface area contributed by atoms with Crippen LogP contribution in [0.2, 0.25) is 0 Å².